The fraction of sp³-hybridized carbons (Fsp3) is 0.917. The molecule has 0 aliphatic carbocycles. The molecule has 3 nitrogen and oxygen atoms in total. The minimum atomic E-state index is -1.37. The summed E-state index contributed by atoms with van der Waals surface area (Å²) in [6, 6.07) is 0. The number of rotatable bonds is 7. The Labute approximate surface area is 97.0 Å². The molecule has 96 valence electrons. The zero-order chi connectivity index (χ0) is 12.7. The first kappa shape index (κ1) is 15.4. The molecule has 0 bridgehead atoms. The van der Waals surface area contributed by atoms with Gasteiger partial charge in [0.2, 0.25) is 0 Å². The molecule has 0 unspecified atom stereocenters. The van der Waals surface area contributed by atoms with Crippen molar-refractivity contribution in [3.63, 3.8) is 0 Å². The van der Waals surface area contributed by atoms with Gasteiger partial charge in [-0.1, -0.05) is 20.3 Å². The van der Waals surface area contributed by atoms with Gasteiger partial charge in [-0.25, -0.2) is 4.39 Å². The Morgan fingerprint density at radius 1 is 1.38 bits per heavy atom. The third kappa shape index (κ3) is 4.92. The van der Waals surface area contributed by atoms with Crippen molar-refractivity contribution in [2.75, 3.05) is 6.61 Å². The third-order valence-electron chi connectivity index (χ3n) is 2.85. The Balaban J connectivity index is 4.10. The van der Waals surface area contributed by atoms with E-state index in [1.807, 2.05) is 6.92 Å². The number of unbranched alkanes of at least 4 members (excludes halogenated alkanes) is 1. The van der Waals surface area contributed by atoms with Gasteiger partial charge >= 0.3 is 5.97 Å². The van der Waals surface area contributed by atoms with Crippen LogP contribution in [0, 0.1) is 11.8 Å². The topological polar surface area (TPSA) is 46.5 Å². The molecular formula is C12H23FO3. The molecule has 1 N–H and O–H groups in total. The lowest BCUT2D eigenvalue weighted by molar-refractivity contribution is -0.151. The summed E-state index contributed by atoms with van der Waals surface area (Å²) in [7, 11) is 0. The summed E-state index contributed by atoms with van der Waals surface area (Å²) in [6.07, 6.45) is -0.401. The second-order valence-electron chi connectivity index (χ2n) is 4.35. The average Bonchev–Trinajstić information content (AvgIpc) is 2.26. The second kappa shape index (κ2) is 7.60. The number of esters is 1. The normalized spacial score (nSPS) is 18.6. The molecule has 16 heavy (non-hydrogen) atoms. The van der Waals surface area contributed by atoms with E-state index in [1.165, 1.54) is 13.8 Å². The summed E-state index contributed by atoms with van der Waals surface area (Å²) in [5.41, 5.74) is 0. The van der Waals surface area contributed by atoms with E-state index in [-0.39, 0.29) is 0 Å². The standard InChI is InChI=1S/C12H23FO3/c1-5-6-7-16-12(15)9(3)11(13)8(2)10(4)14/h8-11,14H,5-7H2,1-4H3/t8-,9-,10+,11+/m0/s1. The lowest BCUT2D eigenvalue weighted by Gasteiger charge is -2.23. The Morgan fingerprint density at radius 2 is 1.94 bits per heavy atom. The number of aliphatic hydroxyl groups is 1. The Kier molecular flexibility index (Phi) is 7.30. The minimum Gasteiger partial charge on any atom is -0.465 e. The first-order valence-corrected chi connectivity index (χ1v) is 5.90. The molecule has 4 heteroatoms. The van der Waals surface area contributed by atoms with Crippen LogP contribution < -0.4 is 0 Å². The lowest BCUT2D eigenvalue weighted by atomic mass is 9.91. The monoisotopic (exact) mass is 234 g/mol. The van der Waals surface area contributed by atoms with E-state index >= 15 is 0 Å². The molecule has 0 aromatic rings. The second-order valence-corrected chi connectivity index (χ2v) is 4.35. The van der Waals surface area contributed by atoms with E-state index in [2.05, 4.69) is 0 Å². The van der Waals surface area contributed by atoms with E-state index in [0.29, 0.717) is 6.61 Å². The molecule has 0 amide bonds. The van der Waals surface area contributed by atoms with Crippen molar-refractivity contribution in [2.24, 2.45) is 11.8 Å². The van der Waals surface area contributed by atoms with Crippen LogP contribution in [-0.2, 0) is 9.53 Å². The molecule has 0 radical (unpaired) electrons. The van der Waals surface area contributed by atoms with E-state index in [4.69, 9.17) is 4.74 Å². The molecule has 0 fully saturated rings. The predicted octanol–water partition coefficient (Wildman–Crippen LogP) is 2.32. The van der Waals surface area contributed by atoms with Crippen LogP contribution in [0.2, 0.25) is 0 Å². The largest absolute Gasteiger partial charge is 0.465 e. The fourth-order valence-corrected chi connectivity index (χ4v) is 1.30. The van der Waals surface area contributed by atoms with Gasteiger partial charge in [-0.3, -0.25) is 4.79 Å². The molecule has 0 rings (SSSR count). The highest BCUT2D eigenvalue weighted by Gasteiger charge is 2.31. The van der Waals surface area contributed by atoms with Crippen LogP contribution in [0.3, 0.4) is 0 Å². The van der Waals surface area contributed by atoms with Gasteiger partial charge in [-0.15, -0.1) is 0 Å². The number of halogens is 1. The molecule has 0 aromatic heterocycles. The van der Waals surface area contributed by atoms with Crippen LogP contribution in [0.4, 0.5) is 4.39 Å². The molecule has 0 aromatic carbocycles. The van der Waals surface area contributed by atoms with Crippen molar-refractivity contribution in [1.82, 2.24) is 0 Å². The summed E-state index contributed by atoms with van der Waals surface area (Å²) in [4.78, 5) is 11.4. The number of alkyl halides is 1. The number of aliphatic hydroxyl groups excluding tert-OH is 1. The minimum absolute atomic E-state index is 0.343. The quantitative estimate of drug-likeness (QED) is 0.543. The maximum atomic E-state index is 13.7. The highest BCUT2D eigenvalue weighted by Crippen LogP contribution is 2.21. The summed E-state index contributed by atoms with van der Waals surface area (Å²) in [5, 5.41) is 9.24. The molecule has 0 spiro atoms. The van der Waals surface area contributed by atoms with Gasteiger partial charge < -0.3 is 9.84 Å². The van der Waals surface area contributed by atoms with Crippen LogP contribution in [0.5, 0.6) is 0 Å². The SMILES string of the molecule is CCCCOC(=O)[C@@H](C)[C@H](F)[C@@H](C)[C@@H](C)O. The molecule has 0 aliphatic heterocycles. The average molecular weight is 234 g/mol. The lowest BCUT2D eigenvalue weighted by Crippen LogP contribution is -2.34. The Bertz CT molecular complexity index is 206. The van der Waals surface area contributed by atoms with Crippen molar-refractivity contribution in [3.8, 4) is 0 Å². The third-order valence-corrected chi connectivity index (χ3v) is 2.85. The van der Waals surface area contributed by atoms with Crippen molar-refractivity contribution in [2.45, 2.75) is 52.8 Å². The van der Waals surface area contributed by atoms with Gasteiger partial charge in [-0.2, -0.15) is 0 Å². The fourth-order valence-electron chi connectivity index (χ4n) is 1.30. The van der Waals surface area contributed by atoms with Gasteiger partial charge in [-0.05, 0) is 20.3 Å². The maximum Gasteiger partial charge on any atom is 0.311 e. The molecule has 4 atom stereocenters. The van der Waals surface area contributed by atoms with E-state index in [9.17, 15) is 14.3 Å². The molecular weight excluding hydrogens is 211 g/mol. The van der Waals surface area contributed by atoms with Gasteiger partial charge in [0.05, 0.1) is 18.6 Å². The van der Waals surface area contributed by atoms with Crippen molar-refractivity contribution in [3.05, 3.63) is 0 Å². The van der Waals surface area contributed by atoms with E-state index < -0.39 is 30.1 Å². The zero-order valence-electron chi connectivity index (χ0n) is 10.6. The maximum absolute atomic E-state index is 13.7. The summed E-state index contributed by atoms with van der Waals surface area (Å²) >= 11 is 0. The first-order valence-electron chi connectivity index (χ1n) is 5.90. The smallest absolute Gasteiger partial charge is 0.311 e. The zero-order valence-corrected chi connectivity index (χ0v) is 10.6. The van der Waals surface area contributed by atoms with Crippen LogP contribution in [0.1, 0.15) is 40.5 Å². The van der Waals surface area contributed by atoms with Crippen molar-refractivity contribution < 1.29 is 19.0 Å². The summed E-state index contributed by atoms with van der Waals surface area (Å²) < 4.78 is 18.7. The first-order chi connectivity index (χ1) is 7.41. The van der Waals surface area contributed by atoms with Crippen LogP contribution in [0.15, 0.2) is 0 Å². The van der Waals surface area contributed by atoms with Crippen LogP contribution in [0.25, 0.3) is 0 Å². The number of hydrogen-bond acceptors (Lipinski definition) is 3. The molecule has 0 heterocycles. The number of hydrogen-bond donors (Lipinski definition) is 1. The van der Waals surface area contributed by atoms with Crippen LogP contribution in [-0.4, -0.2) is 30.0 Å². The Morgan fingerprint density at radius 3 is 2.38 bits per heavy atom. The highest BCUT2D eigenvalue weighted by molar-refractivity contribution is 5.72. The van der Waals surface area contributed by atoms with Crippen molar-refractivity contribution >= 4 is 5.97 Å². The van der Waals surface area contributed by atoms with Gasteiger partial charge in [0, 0.05) is 5.92 Å². The predicted molar refractivity (Wildman–Crippen MR) is 60.8 cm³/mol. The van der Waals surface area contributed by atoms with E-state index in [0.717, 1.165) is 12.8 Å². The number of carbonyl (C=O) groups excluding carboxylic acids is 1. The number of carbonyl (C=O) groups is 1. The highest BCUT2D eigenvalue weighted by atomic mass is 19.1. The van der Waals surface area contributed by atoms with Crippen LogP contribution >= 0.6 is 0 Å². The number of ether oxygens (including phenoxy) is 1. The van der Waals surface area contributed by atoms with Gasteiger partial charge in [0.1, 0.15) is 6.17 Å². The van der Waals surface area contributed by atoms with E-state index in [1.54, 1.807) is 6.92 Å². The molecule has 0 saturated heterocycles. The summed E-state index contributed by atoms with van der Waals surface area (Å²) in [5.74, 6) is -1.90. The van der Waals surface area contributed by atoms with Gasteiger partial charge in [0.25, 0.3) is 0 Å². The van der Waals surface area contributed by atoms with Crippen molar-refractivity contribution in [1.29, 1.82) is 0 Å². The van der Waals surface area contributed by atoms with Gasteiger partial charge in [0.15, 0.2) is 0 Å². The molecule has 0 aliphatic rings. The summed E-state index contributed by atoms with van der Waals surface area (Å²) in [6.45, 7) is 6.94. The molecule has 0 saturated carbocycles. The Hall–Kier alpha value is -0.640.